The summed E-state index contributed by atoms with van der Waals surface area (Å²) < 4.78 is 36.3. The van der Waals surface area contributed by atoms with Crippen LogP contribution >= 0.6 is 0 Å². The number of benzene rings is 2. The molecule has 0 aromatic heterocycles. The average molecular weight is 392 g/mol. The van der Waals surface area contributed by atoms with Crippen LogP contribution in [0.25, 0.3) is 0 Å². The molecule has 0 radical (unpaired) electrons. The Balaban J connectivity index is 1.70. The first kappa shape index (κ1) is 19.2. The Morgan fingerprint density at radius 1 is 1.11 bits per heavy atom. The molecule has 2 aromatic carbocycles. The van der Waals surface area contributed by atoms with Crippen LogP contribution in [-0.2, 0) is 21.4 Å². The molecule has 1 aliphatic rings. The van der Waals surface area contributed by atoms with Crippen molar-refractivity contribution in [1.29, 1.82) is 0 Å². The molecule has 1 fully saturated rings. The summed E-state index contributed by atoms with van der Waals surface area (Å²) in [7, 11) is -1.95. The second-order valence-corrected chi connectivity index (χ2v) is 8.10. The summed E-state index contributed by atoms with van der Waals surface area (Å²) in [6.45, 7) is 0.0449. The summed E-state index contributed by atoms with van der Waals surface area (Å²) in [6.07, 6.45) is 0.146. The molecule has 2 N–H and O–H groups in total. The zero-order chi connectivity index (χ0) is 19.4. The zero-order valence-corrected chi connectivity index (χ0v) is 15.5. The van der Waals surface area contributed by atoms with E-state index in [1.165, 1.54) is 5.48 Å². The summed E-state index contributed by atoms with van der Waals surface area (Å²) in [5, 5.41) is 8.81. The molecule has 8 nitrogen and oxygen atoms in total. The molecule has 144 valence electrons. The highest BCUT2D eigenvalue weighted by atomic mass is 32.2. The van der Waals surface area contributed by atoms with Gasteiger partial charge in [0.25, 0.3) is 5.91 Å². The minimum Gasteiger partial charge on any atom is -0.497 e. The Kier molecular flexibility index (Phi) is 5.64. The molecule has 27 heavy (non-hydrogen) atoms. The molecule has 1 aliphatic heterocycles. The first-order chi connectivity index (χ1) is 12.9. The summed E-state index contributed by atoms with van der Waals surface area (Å²) in [5.41, 5.74) is 2.24. The van der Waals surface area contributed by atoms with Gasteiger partial charge < -0.3 is 9.47 Å². The smallest absolute Gasteiger partial charge is 0.261 e. The Morgan fingerprint density at radius 3 is 2.22 bits per heavy atom. The number of hydrogen-bond acceptors (Lipinski definition) is 6. The van der Waals surface area contributed by atoms with Gasteiger partial charge in [0.2, 0.25) is 10.0 Å². The predicted octanol–water partition coefficient (Wildman–Crippen LogP) is 1.90. The zero-order valence-electron chi connectivity index (χ0n) is 14.7. The van der Waals surface area contributed by atoms with E-state index in [4.69, 9.17) is 14.7 Å². The van der Waals surface area contributed by atoms with Crippen molar-refractivity contribution in [3.63, 3.8) is 0 Å². The van der Waals surface area contributed by atoms with Gasteiger partial charge in [0, 0.05) is 6.54 Å². The van der Waals surface area contributed by atoms with E-state index in [2.05, 4.69) is 0 Å². The largest absolute Gasteiger partial charge is 0.497 e. The van der Waals surface area contributed by atoms with Gasteiger partial charge in [-0.15, -0.1) is 0 Å². The number of methoxy groups -OCH3 is 1. The Bertz CT molecular complexity index is 896. The lowest BCUT2D eigenvalue weighted by atomic mass is 10.1. The van der Waals surface area contributed by atoms with Crippen LogP contribution in [0.1, 0.15) is 12.0 Å². The van der Waals surface area contributed by atoms with Gasteiger partial charge >= 0.3 is 0 Å². The number of hydroxylamine groups is 1. The van der Waals surface area contributed by atoms with Crippen molar-refractivity contribution in [1.82, 2.24) is 9.79 Å². The molecule has 0 aliphatic carbocycles. The van der Waals surface area contributed by atoms with Gasteiger partial charge in [0.15, 0.2) is 0 Å². The first-order valence-corrected chi connectivity index (χ1v) is 9.88. The lowest BCUT2D eigenvalue weighted by Gasteiger charge is -2.21. The highest BCUT2D eigenvalue weighted by Gasteiger charge is 2.41. The van der Waals surface area contributed by atoms with Gasteiger partial charge in [-0.25, -0.2) is 13.9 Å². The second-order valence-electron chi connectivity index (χ2n) is 6.06. The van der Waals surface area contributed by atoms with E-state index < -0.39 is 22.0 Å². The predicted molar refractivity (Wildman–Crippen MR) is 97.2 cm³/mol. The number of carbonyl (C=O) groups is 1. The highest BCUT2D eigenvalue weighted by molar-refractivity contribution is 7.89. The third-order valence-corrected chi connectivity index (χ3v) is 6.17. The fourth-order valence-corrected chi connectivity index (χ4v) is 4.57. The fraction of sp³-hybridized carbons (Fsp3) is 0.278. The van der Waals surface area contributed by atoms with Crippen molar-refractivity contribution < 1.29 is 27.9 Å². The molecular weight excluding hydrogens is 372 g/mol. The lowest BCUT2D eigenvalue weighted by Crippen LogP contribution is -2.43. The van der Waals surface area contributed by atoms with Crippen LogP contribution in [-0.4, -0.2) is 42.7 Å². The quantitative estimate of drug-likeness (QED) is 0.575. The van der Waals surface area contributed by atoms with E-state index in [-0.39, 0.29) is 18.7 Å². The SMILES string of the molecule is COc1ccc(Oc2ccc(CN3C(C(=O)NO)CCS3(=O)=O)cc2)cc1. The summed E-state index contributed by atoms with van der Waals surface area (Å²) in [4.78, 5) is 11.7. The number of sulfonamides is 1. The molecular formula is C18H20N2O6S. The Morgan fingerprint density at radius 2 is 1.67 bits per heavy atom. The monoisotopic (exact) mass is 392 g/mol. The minimum atomic E-state index is -3.54. The van der Waals surface area contributed by atoms with E-state index in [1.54, 1.807) is 55.6 Å². The van der Waals surface area contributed by atoms with Crippen molar-refractivity contribution in [3.05, 3.63) is 54.1 Å². The van der Waals surface area contributed by atoms with Crippen LogP contribution < -0.4 is 15.0 Å². The van der Waals surface area contributed by atoms with Crippen LogP contribution in [0.3, 0.4) is 0 Å². The summed E-state index contributed by atoms with van der Waals surface area (Å²) in [6, 6.07) is 13.1. The van der Waals surface area contributed by atoms with E-state index in [0.29, 0.717) is 17.1 Å². The topological polar surface area (TPSA) is 105 Å². The number of carbonyl (C=O) groups excluding carboxylic acids is 1. The molecule has 3 rings (SSSR count). The normalized spacial score (nSPS) is 18.8. The highest BCUT2D eigenvalue weighted by Crippen LogP contribution is 2.27. The van der Waals surface area contributed by atoms with E-state index in [1.807, 2.05) is 0 Å². The standard InChI is InChI=1S/C18H20N2O6S/c1-25-14-6-8-16(9-7-14)26-15-4-2-13(3-5-15)12-20-17(18(21)19-22)10-11-27(20,23)24/h2-9,17,22H,10-12H2,1H3,(H,19,21). The number of nitrogens with zero attached hydrogens (tertiary/aromatic N) is 1. The second kappa shape index (κ2) is 7.95. The molecule has 1 atom stereocenters. The molecule has 2 aromatic rings. The van der Waals surface area contributed by atoms with Crippen LogP contribution in [0.2, 0.25) is 0 Å². The molecule has 0 bridgehead atoms. The fourth-order valence-electron chi connectivity index (χ4n) is 2.88. The maximum absolute atomic E-state index is 12.2. The van der Waals surface area contributed by atoms with Gasteiger partial charge in [-0.2, -0.15) is 4.31 Å². The molecule has 1 amide bonds. The van der Waals surface area contributed by atoms with Gasteiger partial charge in [0.05, 0.1) is 12.9 Å². The van der Waals surface area contributed by atoms with Gasteiger partial charge in [-0.1, -0.05) is 12.1 Å². The minimum absolute atomic E-state index is 0.0449. The van der Waals surface area contributed by atoms with Crippen LogP contribution in [0, 0.1) is 0 Å². The van der Waals surface area contributed by atoms with Crippen molar-refractivity contribution >= 4 is 15.9 Å². The lowest BCUT2D eigenvalue weighted by molar-refractivity contribution is -0.133. The molecule has 1 saturated heterocycles. The third-order valence-electron chi connectivity index (χ3n) is 4.32. The maximum atomic E-state index is 12.2. The summed E-state index contributed by atoms with van der Waals surface area (Å²) >= 11 is 0. The molecule has 9 heteroatoms. The number of rotatable bonds is 6. The Labute approximate surface area is 157 Å². The molecule has 1 heterocycles. The molecule has 0 saturated carbocycles. The van der Waals surface area contributed by atoms with E-state index >= 15 is 0 Å². The first-order valence-electron chi connectivity index (χ1n) is 8.27. The molecule has 0 spiro atoms. The number of hydrogen-bond donors (Lipinski definition) is 2. The van der Waals surface area contributed by atoms with Crippen LogP contribution in [0.15, 0.2) is 48.5 Å². The van der Waals surface area contributed by atoms with Crippen LogP contribution in [0.4, 0.5) is 0 Å². The number of ether oxygens (including phenoxy) is 2. The maximum Gasteiger partial charge on any atom is 0.261 e. The van der Waals surface area contributed by atoms with Gasteiger partial charge in [0.1, 0.15) is 23.3 Å². The summed E-state index contributed by atoms with van der Waals surface area (Å²) in [5.74, 6) is 1.12. The van der Waals surface area contributed by atoms with Crippen LogP contribution in [0.5, 0.6) is 17.2 Å². The van der Waals surface area contributed by atoms with Crippen molar-refractivity contribution in [3.8, 4) is 17.2 Å². The van der Waals surface area contributed by atoms with E-state index in [9.17, 15) is 13.2 Å². The van der Waals surface area contributed by atoms with E-state index in [0.717, 1.165) is 10.1 Å². The van der Waals surface area contributed by atoms with Gasteiger partial charge in [-0.3, -0.25) is 10.0 Å². The van der Waals surface area contributed by atoms with Crippen molar-refractivity contribution in [2.45, 2.75) is 19.0 Å². The third kappa shape index (κ3) is 4.38. The average Bonchev–Trinajstić information content (AvgIpc) is 2.98. The van der Waals surface area contributed by atoms with Crippen molar-refractivity contribution in [2.75, 3.05) is 12.9 Å². The number of amides is 1. The molecule has 1 unspecified atom stereocenters. The van der Waals surface area contributed by atoms with Crippen molar-refractivity contribution in [2.24, 2.45) is 0 Å². The van der Waals surface area contributed by atoms with Gasteiger partial charge in [-0.05, 0) is 48.4 Å². The number of nitrogens with one attached hydrogen (secondary N) is 1. The Hall–Kier alpha value is -2.62.